The Balaban J connectivity index is 0.00000196. The highest BCUT2D eigenvalue weighted by Gasteiger charge is 2.15. The minimum atomic E-state index is -0.0137. The van der Waals surface area contributed by atoms with Gasteiger partial charge in [-0.3, -0.25) is 4.79 Å². The lowest BCUT2D eigenvalue weighted by molar-refractivity contribution is 0.0802. The van der Waals surface area contributed by atoms with Crippen molar-refractivity contribution in [3.8, 4) is 0 Å². The summed E-state index contributed by atoms with van der Waals surface area (Å²) in [6, 6.07) is 1.74. The molecule has 0 fully saturated rings. The second-order valence-electron chi connectivity index (χ2n) is 2.93. The Labute approximate surface area is 105 Å². The van der Waals surface area contributed by atoms with Crippen LogP contribution in [0.3, 0.4) is 0 Å². The summed E-state index contributed by atoms with van der Waals surface area (Å²) in [5.41, 5.74) is 0. The summed E-state index contributed by atoms with van der Waals surface area (Å²) < 4.78 is 0. The van der Waals surface area contributed by atoms with Crippen LogP contribution in [0.1, 0.15) is 9.67 Å². The van der Waals surface area contributed by atoms with E-state index in [1.807, 2.05) is 12.4 Å². The maximum absolute atomic E-state index is 11.8. The fraction of sp³-hybridized carbons (Fsp3) is 0.444. The molecule has 15 heavy (non-hydrogen) atoms. The van der Waals surface area contributed by atoms with E-state index < -0.39 is 0 Å². The number of nitrogens with zero attached hydrogens (tertiary/aromatic N) is 1. The minimum Gasteiger partial charge on any atom is -0.340 e. The van der Waals surface area contributed by atoms with Crippen LogP contribution in [0.5, 0.6) is 0 Å². The molecule has 1 heterocycles. The first-order chi connectivity index (χ1) is 6.66. The molecule has 0 bridgehead atoms. The summed E-state index contributed by atoms with van der Waals surface area (Å²) in [5.74, 6) is -0.0137. The van der Waals surface area contributed by atoms with Gasteiger partial charge in [0.15, 0.2) is 0 Å². The van der Waals surface area contributed by atoms with E-state index >= 15 is 0 Å². The Hall–Kier alpha value is -0.290. The summed E-state index contributed by atoms with van der Waals surface area (Å²) in [5, 5.41) is 5.35. The zero-order chi connectivity index (χ0) is 10.6. The SMILES string of the molecule is CNCCN(C)C(=O)c1sccc1Cl.Cl. The minimum absolute atomic E-state index is 0. The molecule has 0 saturated heterocycles. The Morgan fingerprint density at radius 1 is 1.67 bits per heavy atom. The highest BCUT2D eigenvalue weighted by atomic mass is 35.5. The number of likely N-dealkylation sites (N-methyl/N-ethyl adjacent to an activating group) is 2. The van der Waals surface area contributed by atoms with Gasteiger partial charge in [0.25, 0.3) is 5.91 Å². The van der Waals surface area contributed by atoms with E-state index in [1.54, 1.807) is 18.0 Å². The van der Waals surface area contributed by atoms with Crippen LogP contribution in [-0.4, -0.2) is 38.0 Å². The third kappa shape index (κ3) is 3.99. The zero-order valence-electron chi connectivity index (χ0n) is 8.62. The van der Waals surface area contributed by atoms with Crippen molar-refractivity contribution in [3.05, 3.63) is 21.3 Å². The fourth-order valence-electron chi connectivity index (χ4n) is 1.00. The quantitative estimate of drug-likeness (QED) is 0.908. The van der Waals surface area contributed by atoms with Gasteiger partial charge >= 0.3 is 0 Å². The summed E-state index contributed by atoms with van der Waals surface area (Å²) in [7, 11) is 3.63. The molecule has 1 aromatic heterocycles. The Kier molecular flexibility index (Phi) is 6.92. The van der Waals surface area contributed by atoms with E-state index in [0.29, 0.717) is 16.4 Å². The van der Waals surface area contributed by atoms with Gasteiger partial charge in [0.05, 0.1) is 5.02 Å². The van der Waals surface area contributed by atoms with E-state index in [0.717, 1.165) is 6.54 Å². The lowest BCUT2D eigenvalue weighted by atomic mass is 10.4. The average molecular weight is 269 g/mol. The molecule has 1 aromatic rings. The van der Waals surface area contributed by atoms with Crippen molar-refractivity contribution in [1.82, 2.24) is 10.2 Å². The van der Waals surface area contributed by atoms with Gasteiger partial charge in [-0.15, -0.1) is 23.7 Å². The molecule has 0 unspecified atom stereocenters. The van der Waals surface area contributed by atoms with Crippen LogP contribution < -0.4 is 5.32 Å². The Morgan fingerprint density at radius 2 is 2.33 bits per heavy atom. The van der Waals surface area contributed by atoms with Crippen LogP contribution >= 0.6 is 35.3 Å². The molecule has 1 amide bonds. The molecule has 0 aromatic carbocycles. The van der Waals surface area contributed by atoms with E-state index in [1.165, 1.54) is 11.3 Å². The van der Waals surface area contributed by atoms with Gasteiger partial charge in [-0.2, -0.15) is 0 Å². The van der Waals surface area contributed by atoms with Gasteiger partial charge in [-0.25, -0.2) is 0 Å². The standard InChI is InChI=1S/C9H13ClN2OS.ClH/c1-11-4-5-12(2)9(13)8-7(10)3-6-14-8;/h3,6,11H,4-5H2,1-2H3;1H. The number of rotatable bonds is 4. The molecule has 0 saturated carbocycles. The molecule has 86 valence electrons. The molecule has 1 rings (SSSR count). The summed E-state index contributed by atoms with van der Waals surface area (Å²) in [6.45, 7) is 1.47. The van der Waals surface area contributed by atoms with Gasteiger partial charge in [0.2, 0.25) is 0 Å². The van der Waals surface area contributed by atoms with Crippen molar-refractivity contribution in [2.45, 2.75) is 0 Å². The molecule has 0 spiro atoms. The summed E-state index contributed by atoms with van der Waals surface area (Å²) >= 11 is 7.24. The van der Waals surface area contributed by atoms with Crippen LogP contribution in [0, 0.1) is 0 Å². The number of halogens is 2. The molecule has 0 aliphatic heterocycles. The lowest BCUT2D eigenvalue weighted by Crippen LogP contribution is -2.32. The molecular weight excluding hydrogens is 255 g/mol. The van der Waals surface area contributed by atoms with Crippen LogP contribution in [0.25, 0.3) is 0 Å². The average Bonchev–Trinajstić information content (AvgIpc) is 2.59. The smallest absolute Gasteiger partial charge is 0.265 e. The van der Waals surface area contributed by atoms with Gasteiger partial charge in [-0.05, 0) is 18.5 Å². The molecule has 1 N–H and O–H groups in total. The van der Waals surface area contributed by atoms with Crippen molar-refractivity contribution < 1.29 is 4.79 Å². The third-order valence-corrected chi connectivity index (χ3v) is 3.18. The first kappa shape index (κ1) is 14.7. The van der Waals surface area contributed by atoms with Crippen LogP contribution in [0.15, 0.2) is 11.4 Å². The topological polar surface area (TPSA) is 32.3 Å². The van der Waals surface area contributed by atoms with E-state index in [4.69, 9.17) is 11.6 Å². The molecule has 0 aliphatic carbocycles. The molecule has 0 aliphatic rings. The van der Waals surface area contributed by atoms with E-state index in [2.05, 4.69) is 5.32 Å². The maximum Gasteiger partial charge on any atom is 0.265 e. The lowest BCUT2D eigenvalue weighted by Gasteiger charge is -2.15. The van der Waals surface area contributed by atoms with Gasteiger partial charge < -0.3 is 10.2 Å². The van der Waals surface area contributed by atoms with Gasteiger partial charge in [-0.1, -0.05) is 11.6 Å². The van der Waals surface area contributed by atoms with Crippen molar-refractivity contribution in [3.63, 3.8) is 0 Å². The fourth-order valence-corrected chi connectivity index (χ4v) is 2.13. The van der Waals surface area contributed by atoms with Crippen LogP contribution in [0.2, 0.25) is 5.02 Å². The first-order valence-corrected chi connectivity index (χ1v) is 5.55. The van der Waals surface area contributed by atoms with Crippen molar-refractivity contribution in [2.75, 3.05) is 27.2 Å². The zero-order valence-corrected chi connectivity index (χ0v) is 11.0. The number of hydrogen-bond acceptors (Lipinski definition) is 3. The predicted molar refractivity (Wildman–Crippen MR) is 67.5 cm³/mol. The number of hydrogen-bond donors (Lipinski definition) is 1. The second kappa shape index (κ2) is 7.06. The van der Waals surface area contributed by atoms with Crippen molar-refractivity contribution in [2.24, 2.45) is 0 Å². The van der Waals surface area contributed by atoms with E-state index in [9.17, 15) is 4.79 Å². The summed E-state index contributed by atoms with van der Waals surface area (Å²) in [6.07, 6.45) is 0. The Morgan fingerprint density at radius 3 is 2.80 bits per heavy atom. The Bertz CT molecular complexity index is 317. The van der Waals surface area contributed by atoms with Gasteiger partial charge in [0, 0.05) is 20.1 Å². The number of nitrogens with one attached hydrogen (secondary N) is 1. The van der Waals surface area contributed by atoms with E-state index in [-0.39, 0.29) is 18.3 Å². The molecule has 6 heteroatoms. The largest absolute Gasteiger partial charge is 0.340 e. The number of carbonyl (C=O) groups is 1. The normalized spacial score (nSPS) is 9.53. The highest BCUT2D eigenvalue weighted by molar-refractivity contribution is 7.12. The van der Waals surface area contributed by atoms with Gasteiger partial charge in [0.1, 0.15) is 4.88 Å². The number of thiophene rings is 1. The number of carbonyl (C=O) groups excluding carboxylic acids is 1. The highest BCUT2D eigenvalue weighted by Crippen LogP contribution is 2.22. The third-order valence-electron chi connectivity index (χ3n) is 1.86. The monoisotopic (exact) mass is 268 g/mol. The predicted octanol–water partition coefficient (Wildman–Crippen LogP) is 2.11. The second-order valence-corrected chi connectivity index (χ2v) is 4.25. The maximum atomic E-state index is 11.8. The van der Waals surface area contributed by atoms with Crippen LogP contribution in [0.4, 0.5) is 0 Å². The number of amides is 1. The molecular formula is C9H14Cl2N2OS. The molecule has 3 nitrogen and oxygen atoms in total. The van der Waals surface area contributed by atoms with Crippen molar-refractivity contribution in [1.29, 1.82) is 0 Å². The summed E-state index contributed by atoms with van der Waals surface area (Å²) in [4.78, 5) is 14.0. The van der Waals surface area contributed by atoms with Crippen LogP contribution in [-0.2, 0) is 0 Å². The van der Waals surface area contributed by atoms with Crippen molar-refractivity contribution >= 4 is 41.3 Å². The molecule has 0 radical (unpaired) electrons. The first-order valence-electron chi connectivity index (χ1n) is 4.30. The molecule has 0 atom stereocenters.